The third-order valence-electron chi connectivity index (χ3n) is 18.7. The van der Waals surface area contributed by atoms with Crippen LogP contribution in [0.2, 0.25) is 0 Å². The van der Waals surface area contributed by atoms with E-state index in [-0.39, 0.29) is 29.1 Å². The zero-order chi connectivity index (χ0) is 75.5. The van der Waals surface area contributed by atoms with Crippen LogP contribution in [0.5, 0.6) is 0 Å². The SMILES string of the molecule is Cc1ccc(-c2ncccc2-c2cnc3c(c2)C=NC3)c(F)c1.Cc1ccc(-c2ncccc2-c2cnc3c(c2)C=NC3)cc1F.Cc1cccc(-c2ncccc2-c2cnc3c(c2)C=NC3)c1.Fc1ccc(-c2cccnc2-c2ccccc2F)cc1.Fc1ccc(-c2ncccc2-c2cnc3c(c2)C=NC3)cc1. The molecule has 534 valence electrons. The van der Waals surface area contributed by atoms with E-state index in [4.69, 9.17) is 0 Å². The largest absolute Gasteiger partial charge is 0.286 e. The van der Waals surface area contributed by atoms with Crippen molar-refractivity contribution in [1.29, 1.82) is 0 Å². The van der Waals surface area contributed by atoms with Gasteiger partial charge in [-0.25, -0.2) is 22.0 Å². The highest BCUT2D eigenvalue weighted by molar-refractivity contribution is 5.92. The van der Waals surface area contributed by atoms with E-state index in [9.17, 15) is 22.0 Å². The predicted octanol–water partition coefficient (Wildman–Crippen LogP) is 21.0. The van der Waals surface area contributed by atoms with Crippen LogP contribution in [0.25, 0.3) is 112 Å². The summed E-state index contributed by atoms with van der Waals surface area (Å²) in [7, 11) is 0. The Morgan fingerprint density at radius 3 is 1.01 bits per heavy atom. The number of rotatable bonds is 10. The summed E-state index contributed by atoms with van der Waals surface area (Å²) in [6.07, 6.45) is 23.4. The molecular formula is C92H66F5N13. The molecule has 0 fully saturated rings. The highest BCUT2D eigenvalue weighted by Crippen LogP contribution is 2.38. The van der Waals surface area contributed by atoms with Crippen LogP contribution in [0.3, 0.4) is 0 Å². The van der Waals surface area contributed by atoms with Crippen LogP contribution in [0.15, 0.2) is 294 Å². The molecule has 0 saturated carbocycles. The van der Waals surface area contributed by atoms with Crippen LogP contribution < -0.4 is 0 Å². The molecule has 0 atom stereocenters. The Bertz CT molecular complexity index is 6060. The Balaban J connectivity index is 0.000000109. The summed E-state index contributed by atoms with van der Waals surface area (Å²) in [6, 6.07) is 65.3. The summed E-state index contributed by atoms with van der Waals surface area (Å²) < 4.78 is 68.4. The van der Waals surface area contributed by atoms with Crippen LogP contribution in [-0.2, 0) is 26.2 Å². The Morgan fingerprint density at radius 2 is 0.591 bits per heavy atom. The minimum absolute atomic E-state index is 0.224. The Kier molecular flexibility index (Phi) is 21.3. The van der Waals surface area contributed by atoms with Crippen molar-refractivity contribution in [1.82, 2.24) is 44.9 Å². The quantitative estimate of drug-likeness (QED) is 0.121. The lowest BCUT2D eigenvalue weighted by Crippen LogP contribution is -1.95. The number of benzene rings is 6. The lowest BCUT2D eigenvalue weighted by atomic mass is 9.98. The fourth-order valence-corrected chi connectivity index (χ4v) is 13.1. The molecule has 6 aromatic carbocycles. The molecule has 13 heterocycles. The summed E-state index contributed by atoms with van der Waals surface area (Å²) in [4.78, 5) is 57.1. The maximum absolute atomic E-state index is 14.4. The van der Waals surface area contributed by atoms with Crippen LogP contribution in [0.1, 0.15) is 61.7 Å². The van der Waals surface area contributed by atoms with Crippen molar-refractivity contribution < 1.29 is 22.0 Å². The van der Waals surface area contributed by atoms with Gasteiger partial charge in [0.05, 0.1) is 77.4 Å². The van der Waals surface area contributed by atoms with E-state index in [0.29, 0.717) is 54.3 Å². The number of aliphatic imine (C=N–C) groups is 4. The maximum Gasteiger partial charge on any atom is 0.132 e. The molecule has 0 aliphatic carbocycles. The fraction of sp³-hybridized carbons (Fsp3) is 0.0761. The van der Waals surface area contributed by atoms with Gasteiger partial charge in [0.2, 0.25) is 0 Å². The van der Waals surface area contributed by atoms with Gasteiger partial charge in [0.15, 0.2) is 0 Å². The lowest BCUT2D eigenvalue weighted by Gasteiger charge is -2.11. The monoisotopic (exact) mass is 1450 g/mol. The van der Waals surface area contributed by atoms with E-state index in [2.05, 4.69) is 120 Å². The van der Waals surface area contributed by atoms with Gasteiger partial charge in [0.25, 0.3) is 0 Å². The number of aromatic nitrogens is 9. The first kappa shape index (κ1) is 71.6. The molecule has 0 unspecified atom stereocenters. The van der Waals surface area contributed by atoms with Crippen molar-refractivity contribution in [3.8, 4) is 112 Å². The normalized spacial score (nSPS) is 12.1. The Hall–Kier alpha value is -14.0. The molecular weight excluding hydrogens is 1380 g/mol. The topological polar surface area (TPSA) is 165 Å². The Labute approximate surface area is 632 Å². The zero-order valence-corrected chi connectivity index (χ0v) is 59.8. The molecule has 0 radical (unpaired) electrons. The second-order valence-electron chi connectivity index (χ2n) is 26.2. The molecule has 18 heteroatoms. The molecule has 19 rings (SSSR count). The average molecular weight is 1450 g/mol. The van der Waals surface area contributed by atoms with E-state index in [1.54, 1.807) is 98.6 Å². The number of pyridine rings is 9. The molecule has 15 aromatic rings. The van der Waals surface area contributed by atoms with Crippen molar-refractivity contribution in [2.45, 2.75) is 47.0 Å². The minimum atomic E-state index is -0.324. The summed E-state index contributed by atoms with van der Waals surface area (Å²) in [5.74, 6) is -1.37. The standard InChI is InChI=1S/2C19H14FN3.C19H15N3.C18H12FN3.C17H11F2N/c1-12-4-5-13(8-17(12)20)19-16(3-2-6-22-19)14-7-15-9-21-11-18(15)23-10-14;1-12-4-5-16(17(20)7-12)19-15(3-2-6-22-19)13-8-14-9-21-11-18(14)23-10-13;1-13-4-2-5-14(8-13)19-17(6-3-7-21-19)15-9-16-10-20-12-18(16)22-11-15;19-15-5-3-12(4-6-15)18-16(2-1-7-21-18)13-8-14-9-20-11-17(14)22-10-13;18-13-9-7-12(8-10-13)14-5-3-11-20-17(14)15-4-1-2-6-16(15)19/h2*2-10H,11H2,1H3;2-11H,12H2,1H3;1-10H,11H2;1-11H. The molecule has 110 heavy (non-hydrogen) atoms. The summed E-state index contributed by atoms with van der Waals surface area (Å²) in [5, 5.41) is 0. The second-order valence-corrected chi connectivity index (χ2v) is 26.2. The highest BCUT2D eigenvalue weighted by atomic mass is 19.1. The minimum Gasteiger partial charge on any atom is -0.286 e. The number of aryl methyl sites for hydroxylation is 3. The maximum atomic E-state index is 14.4. The van der Waals surface area contributed by atoms with Crippen molar-refractivity contribution in [2.75, 3.05) is 0 Å². The number of nitrogens with zero attached hydrogens (tertiary/aromatic N) is 13. The lowest BCUT2D eigenvalue weighted by molar-refractivity contribution is 0.619. The van der Waals surface area contributed by atoms with Crippen LogP contribution in [0.4, 0.5) is 22.0 Å². The van der Waals surface area contributed by atoms with Crippen molar-refractivity contribution in [3.63, 3.8) is 0 Å². The predicted molar refractivity (Wildman–Crippen MR) is 426 cm³/mol. The third kappa shape index (κ3) is 16.2. The number of hydrogen-bond donors (Lipinski definition) is 0. The van der Waals surface area contributed by atoms with Gasteiger partial charge in [0, 0.05) is 181 Å². The smallest absolute Gasteiger partial charge is 0.132 e. The number of hydrogen-bond acceptors (Lipinski definition) is 13. The van der Waals surface area contributed by atoms with E-state index in [0.717, 1.165) is 140 Å². The second kappa shape index (κ2) is 32.8. The van der Waals surface area contributed by atoms with E-state index >= 15 is 0 Å². The molecule has 0 saturated heterocycles. The molecule has 0 bridgehead atoms. The van der Waals surface area contributed by atoms with Gasteiger partial charge in [-0.15, -0.1) is 0 Å². The third-order valence-corrected chi connectivity index (χ3v) is 18.7. The molecule has 0 N–H and O–H groups in total. The number of halogens is 5. The first-order chi connectivity index (χ1) is 53.8. The number of fused-ring (bicyclic) bond motifs is 4. The van der Waals surface area contributed by atoms with E-state index in [1.807, 2.05) is 123 Å². The van der Waals surface area contributed by atoms with Gasteiger partial charge in [-0.1, -0.05) is 96.6 Å². The fourth-order valence-electron chi connectivity index (χ4n) is 13.1. The van der Waals surface area contributed by atoms with Gasteiger partial charge >= 0.3 is 0 Å². The van der Waals surface area contributed by atoms with Gasteiger partial charge in [-0.3, -0.25) is 64.8 Å². The highest BCUT2D eigenvalue weighted by Gasteiger charge is 2.21. The van der Waals surface area contributed by atoms with Crippen molar-refractivity contribution >= 4 is 24.9 Å². The van der Waals surface area contributed by atoms with Gasteiger partial charge < -0.3 is 0 Å². The van der Waals surface area contributed by atoms with Crippen LogP contribution in [-0.4, -0.2) is 69.7 Å². The molecule has 4 aliphatic rings. The van der Waals surface area contributed by atoms with Gasteiger partial charge in [0.1, 0.15) is 29.1 Å². The zero-order valence-electron chi connectivity index (χ0n) is 59.8. The summed E-state index contributed by atoms with van der Waals surface area (Å²) in [5.41, 5.74) is 27.8. The van der Waals surface area contributed by atoms with Gasteiger partial charge in [-0.05, 0) is 165 Å². The first-order valence-corrected chi connectivity index (χ1v) is 35.4. The van der Waals surface area contributed by atoms with Crippen molar-refractivity contribution in [3.05, 3.63) is 365 Å². The van der Waals surface area contributed by atoms with Crippen LogP contribution >= 0.6 is 0 Å². The average Bonchev–Trinajstić information content (AvgIpc) is 1.33. The van der Waals surface area contributed by atoms with E-state index in [1.165, 1.54) is 48.0 Å². The summed E-state index contributed by atoms with van der Waals surface area (Å²) in [6.45, 7) is 8.32. The van der Waals surface area contributed by atoms with Crippen LogP contribution in [0, 0.1) is 49.9 Å². The molecule has 4 aliphatic heterocycles. The molecule has 0 spiro atoms. The molecule has 9 aromatic heterocycles. The Morgan fingerprint density at radius 1 is 0.236 bits per heavy atom. The first-order valence-electron chi connectivity index (χ1n) is 35.4. The van der Waals surface area contributed by atoms with E-state index < -0.39 is 0 Å². The molecule has 0 amide bonds. The molecule has 13 nitrogen and oxygen atoms in total. The summed E-state index contributed by atoms with van der Waals surface area (Å²) >= 11 is 0. The van der Waals surface area contributed by atoms with Gasteiger partial charge in [-0.2, -0.15) is 0 Å². The van der Waals surface area contributed by atoms with Crippen molar-refractivity contribution in [2.24, 2.45) is 20.0 Å².